The number of hydrogen-bond acceptors (Lipinski definition) is 4. The van der Waals surface area contributed by atoms with Crippen LogP contribution in [0.1, 0.15) is 61.5 Å². The first-order chi connectivity index (χ1) is 14.4. The Labute approximate surface area is 179 Å². The normalized spacial score (nSPS) is 19.7. The minimum atomic E-state index is -0.106. The molecule has 1 amide bonds. The molecule has 160 valence electrons. The van der Waals surface area contributed by atoms with Gasteiger partial charge in [-0.05, 0) is 69.3 Å². The zero-order valence-electron chi connectivity index (χ0n) is 18.4. The molecular formula is C25H33N3O2. The van der Waals surface area contributed by atoms with E-state index in [2.05, 4.69) is 54.2 Å². The molecule has 1 aromatic carbocycles. The van der Waals surface area contributed by atoms with Gasteiger partial charge in [0.25, 0.3) is 5.91 Å². The van der Waals surface area contributed by atoms with Gasteiger partial charge in [0.15, 0.2) is 0 Å². The van der Waals surface area contributed by atoms with Gasteiger partial charge in [-0.2, -0.15) is 0 Å². The summed E-state index contributed by atoms with van der Waals surface area (Å²) in [6.45, 7) is 10.3. The molecule has 1 saturated heterocycles. The van der Waals surface area contributed by atoms with Crippen LogP contribution in [-0.2, 0) is 13.0 Å². The van der Waals surface area contributed by atoms with E-state index < -0.39 is 0 Å². The van der Waals surface area contributed by atoms with Crippen molar-refractivity contribution in [2.75, 3.05) is 19.6 Å². The fourth-order valence-corrected chi connectivity index (χ4v) is 4.76. The summed E-state index contributed by atoms with van der Waals surface area (Å²) in [6, 6.07) is 10.1. The molecule has 0 spiro atoms. The van der Waals surface area contributed by atoms with E-state index >= 15 is 0 Å². The molecule has 0 aliphatic carbocycles. The summed E-state index contributed by atoms with van der Waals surface area (Å²) in [5, 5.41) is 3.16. The molecule has 0 atom stereocenters. The molecule has 2 aliphatic rings. The number of fused-ring (bicyclic) bond motifs is 1. The van der Waals surface area contributed by atoms with Crippen LogP contribution in [0.25, 0.3) is 0 Å². The molecule has 3 heterocycles. The first-order valence-corrected chi connectivity index (χ1v) is 11.1. The maximum Gasteiger partial charge on any atom is 0.251 e. The third-order valence-corrected chi connectivity index (χ3v) is 6.80. The van der Waals surface area contributed by atoms with Gasteiger partial charge in [-0.1, -0.05) is 25.1 Å². The summed E-state index contributed by atoms with van der Waals surface area (Å²) in [7, 11) is 0. The van der Waals surface area contributed by atoms with Gasteiger partial charge < -0.3 is 10.1 Å². The summed E-state index contributed by atoms with van der Waals surface area (Å²) in [5.74, 6) is 1.09. The van der Waals surface area contributed by atoms with Gasteiger partial charge in [0.1, 0.15) is 11.4 Å². The Morgan fingerprint density at radius 2 is 1.90 bits per heavy atom. The molecule has 1 fully saturated rings. The van der Waals surface area contributed by atoms with Crippen molar-refractivity contribution in [2.45, 2.75) is 58.6 Å². The number of pyridine rings is 1. The molecule has 5 nitrogen and oxygen atoms in total. The minimum absolute atomic E-state index is 0.00716. The van der Waals surface area contributed by atoms with Gasteiger partial charge in [-0.25, -0.2) is 0 Å². The number of carbonyl (C=O) groups excluding carboxylic acids is 1. The van der Waals surface area contributed by atoms with Crippen LogP contribution in [0.5, 0.6) is 5.75 Å². The van der Waals surface area contributed by atoms with Crippen LogP contribution in [0.3, 0.4) is 0 Å². The summed E-state index contributed by atoms with van der Waals surface area (Å²) >= 11 is 0. The molecule has 5 heteroatoms. The predicted octanol–water partition coefficient (Wildman–Crippen LogP) is 4.22. The van der Waals surface area contributed by atoms with Crippen LogP contribution in [0.15, 0.2) is 42.7 Å². The third kappa shape index (κ3) is 4.51. The number of nitrogens with one attached hydrogen (secondary N) is 1. The summed E-state index contributed by atoms with van der Waals surface area (Å²) in [4.78, 5) is 19.0. The monoisotopic (exact) mass is 407 g/mol. The van der Waals surface area contributed by atoms with E-state index in [1.807, 2.05) is 0 Å². The lowest BCUT2D eigenvalue weighted by Gasteiger charge is -2.41. The molecule has 4 rings (SSSR count). The van der Waals surface area contributed by atoms with Gasteiger partial charge >= 0.3 is 0 Å². The molecule has 0 saturated carbocycles. The molecule has 0 radical (unpaired) electrons. The molecular weight excluding hydrogens is 374 g/mol. The first-order valence-electron chi connectivity index (χ1n) is 11.1. The highest BCUT2D eigenvalue weighted by molar-refractivity contribution is 5.93. The van der Waals surface area contributed by atoms with Crippen molar-refractivity contribution < 1.29 is 9.53 Å². The summed E-state index contributed by atoms with van der Waals surface area (Å²) in [6.07, 6.45) is 7.58. The second kappa shape index (κ2) is 8.38. The SMILES string of the molecule is CCC1(CNC(=O)c2ccncc2)CCN(Cc2cccc3c2OC(C)(C)C3)CC1. The van der Waals surface area contributed by atoms with Crippen molar-refractivity contribution in [3.05, 3.63) is 59.4 Å². The van der Waals surface area contributed by atoms with Crippen LogP contribution in [-0.4, -0.2) is 41.0 Å². The Morgan fingerprint density at radius 1 is 1.17 bits per heavy atom. The largest absolute Gasteiger partial charge is 0.487 e. The number of ether oxygens (including phenoxy) is 1. The first kappa shape index (κ1) is 20.9. The number of benzene rings is 1. The number of amides is 1. The fraction of sp³-hybridized carbons (Fsp3) is 0.520. The van der Waals surface area contributed by atoms with Crippen molar-refractivity contribution in [1.82, 2.24) is 15.2 Å². The smallest absolute Gasteiger partial charge is 0.251 e. The second-order valence-electron chi connectivity index (χ2n) is 9.49. The lowest BCUT2D eigenvalue weighted by Crippen LogP contribution is -2.45. The van der Waals surface area contributed by atoms with E-state index in [4.69, 9.17) is 4.74 Å². The van der Waals surface area contributed by atoms with Gasteiger partial charge in [0.05, 0.1) is 0 Å². The lowest BCUT2D eigenvalue weighted by molar-refractivity contribution is 0.0780. The average molecular weight is 408 g/mol. The highest BCUT2D eigenvalue weighted by Gasteiger charge is 2.35. The van der Waals surface area contributed by atoms with Gasteiger partial charge in [-0.15, -0.1) is 0 Å². The van der Waals surface area contributed by atoms with Crippen LogP contribution in [0.2, 0.25) is 0 Å². The standard InChI is InChI=1S/C25H33N3O2/c1-4-25(18-27-23(29)19-8-12-26-13-9-19)10-14-28(15-11-25)17-21-7-5-6-20-16-24(2,3)30-22(20)21/h5-9,12-13H,4,10-11,14-18H2,1-3H3,(H,27,29). The molecule has 1 aromatic heterocycles. The predicted molar refractivity (Wildman–Crippen MR) is 119 cm³/mol. The average Bonchev–Trinajstić information content (AvgIpc) is 3.09. The van der Waals surface area contributed by atoms with E-state index in [9.17, 15) is 4.79 Å². The molecule has 30 heavy (non-hydrogen) atoms. The molecule has 1 N–H and O–H groups in total. The van der Waals surface area contributed by atoms with Crippen molar-refractivity contribution in [3.8, 4) is 5.75 Å². The van der Waals surface area contributed by atoms with E-state index in [1.54, 1.807) is 24.5 Å². The minimum Gasteiger partial charge on any atom is -0.487 e. The van der Waals surface area contributed by atoms with Crippen LogP contribution < -0.4 is 10.1 Å². The molecule has 0 bridgehead atoms. The Hall–Kier alpha value is -2.40. The molecule has 0 unspecified atom stereocenters. The van der Waals surface area contributed by atoms with Crippen LogP contribution >= 0.6 is 0 Å². The van der Waals surface area contributed by atoms with Gasteiger partial charge in [-0.3, -0.25) is 14.7 Å². The Morgan fingerprint density at radius 3 is 2.60 bits per heavy atom. The van der Waals surface area contributed by atoms with E-state index in [1.165, 1.54) is 11.1 Å². The van der Waals surface area contributed by atoms with E-state index in [0.29, 0.717) is 5.56 Å². The van der Waals surface area contributed by atoms with Crippen molar-refractivity contribution >= 4 is 5.91 Å². The second-order valence-corrected chi connectivity index (χ2v) is 9.49. The lowest BCUT2D eigenvalue weighted by atomic mass is 9.76. The molecule has 2 aliphatic heterocycles. The summed E-state index contributed by atoms with van der Waals surface area (Å²) < 4.78 is 6.26. The van der Waals surface area contributed by atoms with Crippen molar-refractivity contribution in [2.24, 2.45) is 5.41 Å². The highest BCUT2D eigenvalue weighted by Crippen LogP contribution is 2.39. The Kier molecular flexibility index (Phi) is 5.83. The number of aromatic nitrogens is 1. The van der Waals surface area contributed by atoms with Crippen molar-refractivity contribution in [1.29, 1.82) is 0 Å². The zero-order valence-corrected chi connectivity index (χ0v) is 18.4. The third-order valence-electron chi connectivity index (χ3n) is 6.80. The molecule has 2 aromatic rings. The number of para-hydroxylation sites is 1. The maximum atomic E-state index is 12.4. The van der Waals surface area contributed by atoms with Crippen molar-refractivity contribution in [3.63, 3.8) is 0 Å². The Bertz CT molecular complexity index is 887. The number of carbonyl (C=O) groups is 1. The Balaban J connectivity index is 1.34. The summed E-state index contributed by atoms with van der Waals surface area (Å²) in [5.41, 5.74) is 3.37. The van der Waals surface area contributed by atoms with Gasteiger partial charge in [0, 0.05) is 43.0 Å². The van der Waals surface area contributed by atoms with Crippen LogP contribution in [0, 0.1) is 5.41 Å². The fourth-order valence-electron chi connectivity index (χ4n) is 4.76. The van der Waals surface area contributed by atoms with E-state index in [-0.39, 0.29) is 16.9 Å². The zero-order chi connectivity index (χ0) is 21.2. The van der Waals surface area contributed by atoms with E-state index in [0.717, 1.165) is 57.6 Å². The number of rotatable bonds is 6. The number of piperidine rings is 1. The highest BCUT2D eigenvalue weighted by atomic mass is 16.5. The number of likely N-dealkylation sites (tertiary alicyclic amines) is 1. The van der Waals surface area contributed by atoms with Crippen LogP contribution in [0.4, 0.5) is 0 Å². The number of hydrogen-bond donors (Lipinski definition) is 1. The van der Waals surface area contributed by atoms with Gasteiger partial charge in [0.2, 0.25) is 0 Å². The quantitative estimate of drug-likeness (QED) is 0.779. The number of nitrogens with zero attached hydrogens (tertiary/aromatic N) is 2. The maximum absolute atomic E-state index is 12.4. The topological polar surface area (TPSA) is 54.5 Å².